The molecule has 1 aliphatic rings. The molecule has 24 heavy (non-hydrogen) atoms. The van der Waals surface area contributed by atoms with Gasteiger partial charge in [-0.15, -0.1) is 11.3 Å². The molecule has 3 rings (SSSR count). The Bertz CT molecular complexity index is 681. The van der Waals surface area contributed by atoms with Gasteiger partial charge in [0.25, 0.3) is 0 Å². The van der Waals surface area contributed by atoms with E-state index in [9.17, 15) is 4.79 Å². The minimum absolute atomic E-state index is 0.182. The summed E-state index contributed by atoms with van der Waals surface area (Å²) in [6.45, 7) is 6.87. The Morgan fingerprint density at radius 2 is 2.29 bits per heavy atom. The smallest absolute Gasteiger partial charge is 0.236 e. The van der Waals surface area contributed by atoms with Gasteiger partial charge in [-0.3, -0.25) is 9.69 Å². The lowest BCUT2D eigenvalue weighted by Gasteiger charge is -2.26. The number of likely N-dealkylation sites (tertiary alicyclic amines) is 1. The molecular weight excluding hydrogens is 322 g/mol. The van der Waals surface area contributed by atoms with Crippen molar-refractivity contribution in [2.45, 2.75) is 45.8 Å². The van der Waals surface area contributed by atoms with Crippen LogP contribution in [0.25, 0.3) is 0 Å². The summed E-state index contributed by atoms with van der Waals surface area (Å²) in [5.41, 5.74) is 0. The quantitative estimate of drug-likeness (QED) is 0.803. The van der Waals surface area contributed by atoms with Crippen LogP contribution in [0.4, 0.5) is 0 Å². The summed E-state index contributed by atoms with van der Waals surface area (Å²) in [6, 6.07) is 4.46. The van der Waals surface area contributed by atoms with E-state index in [4.69, 9.17) is 0 Å². The topological polar surface area (TPSA) is 54.3 Å². The largest absolute Gasteiger partial charge is 0.340 e. The van der Waals surface area contributed by atoms with Crippen LogP contribution in [0.1, 0.15) is 29.4 Å². The van der Waals surface area contributed by atoms with Gasteiger partial charge in [0.15, 0.2) is 0 Å². The summed E-state index contributed by atoms with van der Waals surface area (Å²) < 4.78 is 1.97. The van der Waals surface area contributed by atoms with E-state index in [1.54, 1.807) is 11.3 Å². The summed E-state index contributed by atoms with van der Waals surface area (Å²) >= 11 is 1.69. The molecule has 1 atom stereocenters. The average molecular weight is 347 g/mol. The summed E-state index contributed by atoms with van der Waals surface area (Å²) in [5.74, 6) is 1.94. The van der Waals surface area contributed by atoms with E-state index < -0.39 is 0 Å². The Kier molecular flexibility index (Phi) is 5.30. The van der Waals surface area contributed by atoms with Gasteiger partial charge < -0.3 is 4.90 Å². The average Bonchev–Trinajstić information content (AvgIpc) is 3.24. The van der Waals surface area contributed by atoms with Gasteiger partial charge in [-0.1, -0.05) is 6.07 Å². The number of nitrogens with zero attached hydrogens (tertiary/aromatic N) is 5. The van der Waals surface area contributed by atoms with Crippen molar-refractivity contribution in [2.75, 3.05) is 20.1 Å². The summed E-state index contributed by atoms with van der Waals surface area (Å²) in [7, 11) is 1.89. The number of hydrogen-bond donors (Lipinski definition) is 0. The predicted molar refractivity (Wildman–Crippen MR) is 94.9 cm³/mol. The Morgan fingerprint density at radius 1 is 1.46 bits per heavy atom. The van der Waals surface area contributed by atoms with Gasteiger partial charge in [0, 0.05) is 18.0 Å². The maximum atomic E-state index is 12.5. The molecule has 1 fully saturated rings. The van der Waals surface area contributed by atoms with Crippen molar-refractivity contribution in [1.82, 2.24) is 24.6 Å². The third kappa shape index (κ3) is 4.02. The highest BCUT2D eigenvalue weighted by molar-refractivity contribution is 7.09. The number of amides is 1. The van der Waals surface area contributed by atoms with Gasteiger partial charge in [0.05, 0.1) is 19.6 Å². The molecule has 0 aliphatic carbocycles. The molecule has 0 saturated carbocycles. The molecule has 3 heterocycles. The summed E-state index contributed by atoms with van der Waals surface area (Å²) in [4.78, 5) is 22.3. The van der Waals surface area contributed by atoms with Gasteiger partial charge in [0.2, 0.25) is 5.91 Å². The molecule has 6 nitrogen and oxygen atoms in total. The molecule has 1 amide bonds. The van der Waals surface area contributed by atoms with E-state index in [0.29, 0.717) is 19.1 Å². The van der Waals surface area contributed by atoms with Gasteiger partial charge in [-0.05, 0) is 44.7 Å². The number of thiophene rings is 1. The second-order valence-electron chi connectivity index (χ2n) is 6.48. The first kappa shape index (κ1) is 17.1. The third-order valence-electron chi connectivity index (χ3n) is 4.58. The van der Waals surface area contributed by atoms with E-state index in [0.717, 1.165) is 37.6 Å². The number of rotatable bonds is 6. The lowest BCUT2D eigenvalue weighted by Crippen LogP contribution is -2.42. The molecule has 0 bridgehead atoms. The van der Waals surface area contributed by atoms with Crippen LogP contribution in [-0.4, -0.2) is 56.7 Å². The van der Waals surface area contributed by atoms with Crippen molar-refractivity contribution in [2.24, 2.45) is 0 Å². The Morgan fingerprint density at radius 3 is 2.96 bits per heavy atom. The minimum atomic E-state index is 0.182. The maximum Gasteiger partial charge on any atom is 0.236 e. The van der Waals surface area contributed by atoms with Gasteiger partial charge in [-0.2, -0.15) is 5.10 Å². The molecule has 2 aromatic heterocycles. The summed E-state index contributed by atoms with van der Waals surface area (Å²) in [5, 5.41) is 6.51. The molecule has 0 spiro atoms. The highest BCUT2D eigenvalue weighted by Gasteiger charge is 2.28. The number of aromatic nitrogens is 3. The summed E-state index contributed by atoms with van der Waals surface area (Å²) in [6.07, 6.45) is 2.25. The third-order valence-corrected chi connectivity index (χ3v) is 5.44. The van der Waals surface area contributed by atoms with Crippen LogP contribution in [0.5, 0.6) is 0 Å². The van der Waals surface area contributed by atoms with Crippen LogP contribution in [0.15, 0.2) is 17.5 Å². The standard InChI is InChI=1S/C17H25N5OS/c1-13-18-14(2)22(19-13)10-15-6-4-8-21(15)12-17(23)20(3)11-16-7-5-9-24-16/h5,7,9,15H,4,6,8,10-12H2,1-3H3. The number of likely N-dealkylation sites (N-methyl/N-ethyl adjacent to an activating group) is 1. The first-order chi connectivity index (χ1) is 11.5. The fourth-order valence-corrected chi connectivity index (χ4v) is 4.02. The highest BCUT2D eigenvalue weighted by atomic mass is 32.1. The van der Waals surface area contributed by atoms with Gasteiger partial charge in [-0.25, -0.2) is 9.67 Å². The minimum Gasteiger partial charge on any atom is -0.340 e. The van der Waals surface area contributed by atoms with Crippen LogP contribution in [-0.2, 0) is 17.9 Å². The zero-order valence-electron chi connectivity index (χ0n) is 14.6. The molecule has 1 aliphatic heterocycles. The first-order valence-electron chi connectivity index (χ1n) is 8.41. The predicted octanol–water partition coefficient (Wildman–Crippen LogP) is 2.08. The molecule has 7 heteroatoms. The Labute approximate surface area is 147 Å². The molecule has 0 aromatic carbocycles. The van der Waals surface area contributed by atoms with Crippen molar-refractivity contribution in [3.63, 3.8) is 0 Å². The lowest BCUT2D eigenvalue weighted by atomic mass is 10.2. The van der Waals surface area contributed by atoms with E-state index >= 15 is 0 Å². The first-order valence-corrected chi connectivity index (χ1v) is 9.29. The number of aryl methyl sites for hydroxylation is 2. The van der Waals surface area contributed by atoms with Crippen molar-refractivity contribution in [3.05, 3.63) is 34.0 Å². The van der Waals surface area contributed by atoms with E-state index in [2.05, 4.69) is 21.0 Å². The second kappa shape index (κ2) is 7.44. The van der Waals surface area contributed by atoms with Crippen LogP contribution < -0.4 is 0 Å². The van der Waals surface area contributed by atoms with Crippen molar-refractivity contribution in [1.29, 1.82) is 0 Å². The molecule has 130 valence electrons. The van der Waals surface area contributed by atoms with Crippen molar-refractivity contribution < 1.29 is 4.79 Å². The number of carbonyl (C=O) groups excluding carboxylic acids is 1. The van der Waals surface area contributed by atoms with E-state index in [1.807, 2.05) is 41.9 Å². The number of carbonyl (C=O) groups is 1. The molecule has 1 unspecified atom stereocenters. The van der Waals surface area contributed by atoms with Crippen molar-refractivity contribution >= 4 is 17.2 Å². The van der Waals surface area contributed by atoms with Crippen LogP contribution >= 0.6 is 11.3 Å². The molecule has 1 saturated heterocycles. The van der Waals surface area contributed by atoms with Gasteiger partial charge in [0.1, 0.15) is 11.6 Å². The van der Waals surface area contributed by atoms with Gasteiger partial charge >= 0.3 is 0 Å². The van der Waals surface area contributed by atoms with E-state index in [-0.39, 0.29) is 5.91 Å². The maximum absolute atomic E-state index is 12.5. The molecule has 0 radical (unpaired) electrons. The molecule has 0 N–H and O–H groups in total. The van der Waals surface area contributed by atoms with E-state index in [1.165, 1.54) is 4.88 Å². The Hall–Kier alpha value is -1.73. The fourth-order valence-electron chi connectivity index (χ4n) is 3.26. The monoisotopic (exact) mass is 347 g/mol. The van der Waals surface area contributed by atoms with Crippen molar-refractivity contribution in [3.8, 4) is 0 Å². The van der Waals surface area contributed by atoms with Crippen LogP contribution in [0, 0.1) is 13.8 Å². The zero-order valence-corrected chi connectivity index (χ0v) is 15.4. The van der Waals surface area contributed by atoms with Crippen LogP contribution in [0.3, 0.4) is 0 Å². The molecule has 2 aromatic rings. The fraction of sp³-hybridized carbons (Fsp3) is 0.588. The lowest BCUT2D eigenvalue weighted by molar-refractivity contribution is -0.131. The second-order valence-corrected chi connectivity index (χ2v) is 7.52. The molecular formula is C17H25N5OS. The normalized spacial score (nSPS) is 18.2. The zero-order chi connectivity index (χ0) is 17.1. The Balaban J connectivity index is 1.57. The highest BCUT2D eigenvalue weighted by Crippen LogP contribution is 2.19. The van der Waals surface area contributed by atoms with Crippen LogP contribution in [0.2, 0.25) is 0 Å². The number of hydrogen-bond acceptors (Lipinski definition) is 5. The SMILES string of the molecule is Cc1nc(C)n(CC2CCCN2CC(=O)N(C)Cc2cccs2)n1.